The van der Waals surface area contributed by atoms with Gasteiger partial charge in [-0.2, -0.15) is 0 Å². The van der Waals surface area contributed by atoms with Crippen molar-refractivity contribution in [2.75, 3.05) is 22.6 Å². The highest BCUT2D eigenvalue weighted by Crippen LogP contribution is 2.18. The normalized spacial score (nSPS) is 9.96. The van der Waals surface area contributed by atoms with Gasteiger partial charge in [0.05, 0.1) is 0 Å². The topological polar surface area (TPSA) is 61.4 Å². The van der Waals surface area contributed by atoms with Gasteiger partial charge in [-0.3, -0.25) is 9.59 Å². The molecule has 0 aliphatic rings. The third-order valence-electron chi connectivity index (χ3n) is 3.51. The number of carbonyl (C=O) groups excluding carboxylic acids is 2. The summed E-state index contributed by atoms with van der Waals surface area (Å²) in [4.78, 5) is 24.3. The van der Waals surface area contributed by atoms with Crippen LogP contribution in [-0.2, 0) is 4.79 Å². The van der Waals surface area contributed by atoms with E-state index in [0.29, 0.717) is 10.7 Å². The van der Waals surface area contributed by atoms with E-state index in [2.05, 4.69) is 10.6 Å². The minimum absolute atomic E-state index is 0.00251. The number of Topliss-reactive ketones (excluding diaryl/α,β-unsaturated/α-hetero) is 1. The van der Waals surface area contributed by atoms with E-state index in [4.69, 9.17) is 12.2 Å². The zero-order chi connectivity index (χ0) is 17.7. The predicted octanol–water partition coefficient (Wildman–Crippen LogP) is 3.68. The Bertz CT molecular complexity index is 772. The first kappa shape index (κ1) is 17.6. The molecule has 1 amide bonds. The van der Waals surface area contributed by atoms with Crippen molar-refractivity contribution in [1.82, 2.24) is 0 Å². The van der Waals surface area contributed by atoms with Crippen molar-refractivity contribution in [1.29, 1.82) is 0 Å². The van der Waals surface area contributed by atoms with Crippen LogP contribution in [0.4, 0.5) is 17.1 Å². The molecule has 0 fully saturated rings. The quantitative estimate of drug-likeness (QED) is 0.656. The Hall–Kier alpha value is -2.73. The van der Waals surface area contributed by atoms with E-state index >= 15 is 0 Å². The summed E-state index contributed by atoms with van der Waals surface area (Å²) in [6.07, 6.45) is 0. The molecule has 5 nitrogen and oxygen atoms in total. The zero-order valence-electron chi connectivity index (χ0n) is 13.8. The second-order valence-electron chi connectivity index (χ2n) is 5.34. The first-order valence-corrected chi connectivity index (χ1v) is 7.81. The van der Waals surface area contributed by atoms with E-state index in [1.165, 1.54) is 13.8 Å². The summed E-state index contributed by atoms with van der Waals surface area (Å²) in [6, 6.07) is 14.5. The molecule has 0 bridgehead atoms. The van der Waals surface area contributed by atoms with E-state index in [9.17, 15) is 9.59 Å². The summed E-state index contributed by atoms with van der Waals surface area (Å²) < 4.78 is 0. The van der Waals surface area contributed by atoms with Gasteiger partial charge in [-0.05, 0) is 55.5 Å². The van der Waals surface area contributed by atoms with Gasteiger partial charge in [-0.1, -0.05) is 12.1 Å². The lowest BCUT2D eigenvalue weighted by atomic mass is 10.1. The van der Waals surface area contributed by atoms with Crippen molar-refractivity contribution in [2.24, 2.45) is 0 Å². The van der Waals surface area contributed by atoms with E-state index < -0.39 is 0 Å². The summed E-state index contributed by atoms with van der Waals surface area (Å²) >= 11 is 5.28. The van der Waals surface area contributed by atoms with Crippen LogP contribution in [0.25, 0.3) is 0 Å². The van der Waals surface area contributed by atoms with Crippen molar-refractivity contribution >= 4 is 46.1 Å². The lowest BCUT2D eigenvalue weighted by Crippen LogP contribution is -2.23. The average Bonchev–Trinajstić information content (AvgIpc) is 2.55. The number of carbonyl (C=O) groups is 2. The highest BCUT2D eigenvalue weighted by molar-refractivity contribution is 7.80. The van der Waals surface area contributed by atoms with Crippen LogP contribution in [0.3, 0.4) is 0 Å². The fourth-order valence-corrected chi connectivity index (χ4v) is 2.30. The van der Waals surface area contributed by atoms with Crippen molar-refractivity contribution in [2.45, 2.75) is 13.8 Å². The van der Waals surface area contributed by atoms with Crippen molar-refractivity contribution < 1.29 is 9.59 Å². The van der Waals surface area contributed by atoms with Crippen molar-refractivity contribution in [3.8, 4) is 0 Å². The third-order valence-corrected chi connectivity index (χ3v) is 3.72. The molecule has 24 heavy (non-hydrogen) atoms. The number of benzene rings is 2. The van der Waals surface area contributed by atoms with E-state index in [-0.39, 0.29) is 11.7 Å². The molecule has 0 aliphatic heterocycles. The van der Waals surface area contributed by atoms with E-state index in [1.807, 2.05) is 30.3 Å². The van der Waals surface area contributed by atoms with Crippen molar-refractivity contribution in [3.05, 3.63) is 54.1 Å². The molecule has 0 saturated heterocycles. The Balaban J connectivity index is 2.01. The summed E-state index contributed by atoms with van der Waals surface area (Å²) in [5.41, 5.74) is 2.98. The largest absolute Gasteiger partial charge is 0.332 e. The van der Waals surface area contributed by atoms with Crippen molar-refractivity contribution in [3.63, 3.8) is 0 Å². The second kappa shape index (κ2) is 7.70. The van der Waals surface area contributed by atoms with Gasteiger partial charge in [0.25, 0.3) is 0 Å². The molecule has 0 spiro atoms. The standard InChI is InChI=1S/C18H19N3O2S/c1-12(22)14-5-4-6-16(11-14)20-18(24)19-15-7-9-17(10-8-15)21(3)13(2)23/h4-11H,1-3H3,(H2,19,20,24). The summed E-state index contributed by atoms with van der Waals surface area (Å²) in [6.45, 7) is 3.04. The SMILES string of the molecule is CC(=O)c1cccc(NC(=S)Nc2ccc(N(C)C(C)=O)cc2)c1. The number of nitrogens with one attached hydrogen (secondary N) is 2. The van der Waals surface area contributed by atoms with Crippen LogP contribution in [-0.4, -0.2) is 23.9 Å². The number of rotatable bonds is 4. The smallest absolute Gasteiger partial charge is 0.223 e. The van der Waals surface area contributed by atoms with Gasteiger partial charge in [0, 0.05) is 36.6 Å². The molecule has 0 unspecified atom stereocenters. The molecule has 0 saturated carbocycles. The number of hydrogen-bond acceptors (Lipinski definition) is 3. The number of nitrogens with zero attached hydrogens (tertiary/aromatic N) is 1. The number of amides is 1. The summed E-state index contributed by atoms with van der Waals surface area (Å²) in [5.74, 6) is -0.0269. The Morgan fingerprint density at radius 1 is 0.958 bits per heavy atom. The zero-order valence-corrected chi connectivity index (χ0v) is 14.6. The van der Waals surface area contributed by atoms with Crippen LogP contribution in [0, 0.1) is 0 Å². The predicted molar refractivity (Wildman–Crippen MR) is 102 cm³/mol. The fraction of sp³-hybridized carbons (Fsp3) is 0.167. The van der Waals surface area contributed by atoms with Crippen LogP contribution >= 0.6 is 12.2 Å². The maximum atomic E-state index is 11.4. The summed E-state index contributed by atoms with van der Waals surface area (Å²) in [7, 11) is 1.72. The van der Waals surface area contributed by atoms with Gasteiger partial charge >= 0.3 is 0 Å². The Kier molecular flexibility index (Phi) is 5.65. The summed E-state index contributed by atoms with van der Waals surface area (Å²) in [5, 5.41) is 6.53. The first-order chi connectivity index (χ1) is 11.4. The maximum absolute atomic E-state index is 11.4. The molecule has 0 heterocycles. The lowest BCUT2D eigenvalue weighted by molar-refractivity contribution is -0.116. The fourth-order valence-electron chi connectivity index (χ4n) is 2.06. The Morgan fingerprint density at radius 2 is 1.58 bits per heavy atom. The molecule has 124 valence electrons. The lowest BCUT2D eigenvalue weighted by Gasteiger charge is -2.16. The van der Waals surface area contributed by atoms with Gasteiger partial charge in [0.2, 0.25) is 5.91 Å². The minimum atomic E-state index is -0.0294. The highest BCUT2D eigenvalue weighted by atomic mass is 32.1. The molecule has 0 radical (unpaired) electrons. The molecule has 0 atom stereocenters. The molecule has 2 rings (SSSR count). The van der Waals surface area contributed by atoms with Crippen LogP contribution in [0.5, 0.6) is 0 Å². The molecule has 0 aliphatic carbocycles. The second-order valence-corrected chi connectivity index (χ2v) is 5.75. The van der Waals surface area contributed by atoms with Crippen LogP contribution in [0.2, 0.25) is 0 Å². The first-order valence-electron chi connectivity index (χ1n) is 7.40. The maximum Gasteiger partial charge on any atom is 0.223 e. The van der Waals surface area contributed by atoms with Crippen LogP contribution in [0.15, 0.2) is 48.5 Å². The molecule has 2 N–H and O–H groups in total. The molecule has 6 heteroatoms. The molecule has 0 aromatic heterocycles. The molecular weight excluding hydrogens is 322 g/mol. The number of anilines is 3. The molecule has 2 aromatic carbocycles. The number of hydrogen-bond donors (Lipinski definition) is 2. The van der Waals surface area contributed by atoms with Gasteiger partial charge in [-0.25, -0.2) is 0 Å². The van der Waals surface area contributed by atoms with Gasteiger partial charge < -0.3 is 15.5 Å². The highest BCUT2D eigenvalue weighted by Gasteiger charge is 2.06. The number of thiocarbonyl (C=S) groups is 1. The number of ketones is 1. The van der Waals surface area contributed by atoms with Gasteiger partial charge in [0.15, 0.2) is 10.9 Å². The van der Waals surface area contributed by atoms with Crippen LogP contribution in [0.1, 0.15) is 24.2 Å². The van der Waals surface area contributed by atoms with E-state index in [1.54, 1.807) is 30.1 Å². The van der Waals surface area contributed by atoms with E-state index in [0.717, 1.165) is 17.1 Å². The van der Waals surface area contributed by atoms with Gasteiger partial charge in [0.1, 0.15) is 0 Å². The molecule has 2 aromatic rings. The minimum Gasteiger partial charge on any atom is -0.332 e. The Morgan fingerprint density at radius 3 is 2.17 bits per heavy atom. The van der Waals surface area contributed by atoms with Crippen LogP contribution < -0.4 is 15.5 Å². The Labute approximate surface area is 146 Å². The molecular formula is C18H19N3O2S. The monoisotopic (exact) mass is 341 g/mol. The third kappa shape index (κ3) is 4.63. The average molecular weight is 341 g/mol. The van der Waals surface area contributed by atoms with Gasteiger partial charge in [-0.15, -0.1) is 0 Å².